The Balaban J connectivity index is 1.78. The Morgan fingerprint density at radius 1 is 1.23 bits per heavy atom. The fourth-order valence-electron chi connectivity index (χ4n) is 3.44. The first kappa shape index (κ1) is 22.3. The van der Waals surface area contributed by atoms with E-state index in [4.69, 9.17) is 4.43 Å². The van der Waals surface area contributed by atoms with Gasteiger partial charge in [-0.05, 0) is 49.5 Å². The zero-order valence-corrected chi connectivity index (χ0v) is 19.8. The number of aryl methyl sites for hydroxylation is 2. The molecule has 3 aromatic rings. The van der Waals surface area contributed by atoms with Crippen LogP contribution in [-0.2, 0) is 11.0 Å². The monoisotopic (exact) mass is 427 g/mol. The highest BCUT2D eigenvalue weighted by atomic mass is 28.4. The molecule has 7 heteroatoms. The highest BCUT2D eigenvalue weighted by Crippen LogP contribution is 2.39. The van der Waals surface area contributed by atoms with Gasteiger partial charge in [-0.2, -0.15) is 0 Å². The lowest BCUT2D eigenvalue weighted by Crippen LogP contribution is -2.42. The first-order chi connectivity index (χ1) is 14.0. The number of imidazole rings is 1. The molecule has 0 aliphatic heterocycles. The highest BCUT2D eigenvalue weighted by Gasteiger charge is 2.39. The van der Waals surface area contributed by atoms with Gasteiger partial charge in [0.05, 0.1) is 6.33 Å². The summed E-state index contributed by atoms with van der Waals surface area (Å²) in [6.45, 7) is 14.1. The SMILES string of the molecule is Cc1cn(CCC[C@@H](O[Si](C)(C)C(C)(C)C)n2cnc(C(=O)O)c2)c2ccccc12. The largest absolute Gasteiger partial charge is 0.476 e. The van der Waals surface area contributed by atoms with E-state index < -0.39 is 14.3 Å². The Labute approximate surface area is 179 Å². The van der Waals surface area contributed by atoms with Crippen molar-refractivity contribution in [3.8, 4) is 0 Å². The van der Waals surface area contributed by atoms with Crippen LogP contribution in [0.3, 0.4) is 0 Å². The summed E-state index contributed by atoms with van der Waals surface area (Å²) >= 11 is 0. The van der Waals surface area contributed by atoms with Crippen LogP contribution in [0.4, 0.5) is 0 Å². The van der Waals surface area contributed by atoms with Gasteiger partial charge in [0.2, 0.25) is 0 Å². The molecule has 0 radical (unpaired) electrons. The van der Waals surface area contributed by atoms with Crippen molar-refractivity contribution in [2.24, 2.45) is 0 Å². The number of benzene rings is 1. The summed E-state index contributed by atoms with van der Waals surface area (Å²) in [7, 11) is -2.04. The zero-order valence-electron chi connectivity index (χ0n) is 18.8. The molecule has 1 aromatic carbocycles. The Morgan fingerprint density at radius 2 is 1.93 bits per heavy atom. The van der Waals surface area contributed by atoms with Crippen LogP contribution in [0.5, 0.6) is 0 Å². The molecule has 2 aromatic heterocycles. The van der Waals surface area contributed by atoms with Crippen LogP contribution < -0.4 is 0 Å². The molecule has 0 aliphatic rings. The number of hydrogen-bond donors (Lipinski definition) is 1. The predicted octanol–water partition coefficient (Wildman–Crippen LogP) is 5.85. The number of aromatic carboxylic acids is 1. The van der Waals surface area contributed by atoms with E-state index in [1.807, 2.05) is 4.57 Å². The van der Waals surface area contributed by atoms with E-state index in [0.29, 0.717) is 0 Å². The molecule has 2 heterocycles. The van der Waals surface area contributed by atoms with Crippen molar-refractivity contribution < 1.29 is 14.3 Å². The van der Waals surface area contributed by atoms with E-state index in [0.717, 1.165) is 19.4 Å². The van der Waals surface area contributed by atoms with E-state index in [2.05, 4.69) is 80.8 Å². The second-order valence-corrected chi connectivity index (χ2v) is 14.3. The minimum atomic E-state index is -2.04. The molecule has 3 rings (SSSR count). The molecule has 1 N–H and O–H groups in total. The van der Waals surface area contributed by atoms with Crippen molar-refractivity contribution in [1.82, 2.24) is 14.1 Å². The standard InChI is InChI=1S/C23H33N3O3Si/c1-17-14-25(20-11-8-7-10-18(17)20)13-9-12-21(29-30(5,6)23(2,3)4)26-15-19(22(27)28)24-16-26/h7-8,10-11,14-16,21H,9,12-13H2,1-6H3,(H,27,28)/t21-/m1/s1. The van der Waals surface area contributed by atoms with Crippen molar-refractivity contribution in [1.29, 1.82) is 0 Å². The number of carboxylic acid groups (broad SMARTS) is 1. The Bertz CT molecular complexity index is 1030. The van der Waals surface area contributed by atoms with Gasteiger partial charge in [-0.3, -0.25) is 0 Å². The van der Waals surface area contributed by atoms with Gasteiger partial charge in [-0.15, -0.1) is 0 Å². The van der Waals surface area contributed by atoms with Gasteiger partial charge in [0.15, 0.2) is 14.0 Å². The van der Waals surface area contributed by atoms with E-state index in [9.17, 15) is 9.90 Å². The van der Waals surface area contributed by atoms with Crippen LogP contribution in [-0.4, -0.2) is 33.5 Å². The molecule has 6 nitrogen and oxygen atoms in total. The second kappa shape index (κ2) is 8.39. The normalized spacial score (nSPS) is 13.7. The van der Waals surface area contributed by atoms with Crippen LogP contribution in [0.2, 0.25) is 18.1 Å². The van der Waals surface area contributed by atoms with Crippen molar-refractivity contribution in [2.45, 2.75) is 71.4 Å². The Morgan fingerprint density at radius 3 is 2.57 bits per heavy atom. The first-order valence-electron chi connectivity index (χ1n) is 10.5. The lowest BCUT2D eigenvalue weighted by atomic mass is 10.2. The highest BCUT2D eigenvalue weighted by molar-refractivity contribution is 6.74. The van der Waals surface area contributed by atoms with Crippen molar-refractivity contribution in [3.63, 3.8) is 0 Å². The average molecular weight is 428 g/mol. The van der Waals surface area contributed by atoms with Crippen LogP contribution in [0.25, 0.3) is 10.9 Å². The Hall–Kier alpha value is -2.38. The molecule has 162 valence electrons. The lowest BCUT2D eigenvalue weighted by molar-refractivity contribution is 0.0690. The van der Waals surface area contributed by atoms with Crippen molar-refractivity contribution >= 4 is 25.2 Å². The van der Waals surface area contributed by atoms with E-state index >= 15 is 0 Å². The third kappa shape index (κ3) is 4.68. The fourth-order valence-corrected chi connectivity index (χ4v) is 4.72. The summed E-state index contributed by atoms with van der Waals surface area (Å²) in [5.41, 5.74) is 2.57. The van der Waals surface area contributed by atoms with Crippen LogP contribution in [0.1, 0.15) is 55.9 Å². The summed E-state index contributed by atoms with van der Waals surface area (Å²) in [4.78, 5) is 15.3. The molecular formula is C23H33N3O3Si. The topological polar surface area (TPSA) is 69.3 Å². The maximum absolute atomic E-state index is 11.3. The van der Waals surface area contributed by atoms with Crippen LogP contribution >= 0.6 is 0 Å². The molecule has 0 unspecified atom stereocenters. The molecule has 1 atom stereocenters. The second-order valence-electron chi connectivity index (χ2n) is 9.51. The van der Waals surface area contributed by atoms with Gasteiger partial charge in [0.1, 0.15) is 6.23 Å². The summed E-state index contributed by atoms with van der Waals surface area (Å²) in [5.74, 6) is -1.02. The number of fused-ring (bicyclic) bond motifs is 1. The van der Waals surface area contributed by atoms with E-state index in [-0.39, 0.29) is 17.0 Å². The number of nitrogens with zero attached hydrogens (tertiary/aromatic N) is 3. The maximum atomic E-state index is 11.3. The van der Waals surface area contributed by atoms with Gasteiger partial charge < -0.3 is 18.7 Å². The predicted molar refractivity (Wildman–Crippen MR) is 122 cm³/mol. The van der Waals surface area contributed by atoms with Crippen LogP contribution in [0, 0.1) is 6.92 Å². The quantitative estimate of drug-likeness (QED) is 0.458. The Kier molecular flexibility index (Phi) is 6.24. The van der Waals surface area contributed by atoms with E-state index in [1.165, 1.54) is 16.5 Å². The summed E-state index contributed by atoms with van der Waals surface area (Å²) < 4.78 is 10.8. The molecule has 0 spiro atoms. The molecule has 0 saturated carbocycles. The average Bonchev–Trinajstić information content (AvgIpc) is 3.26. The lowest BCUT2D eigenvalue weighted by Gasteiger charge is -2.39. The molecule has 0 aliphatic carbocycles. The third-order valence-electron chi connectivity index (χ3n) is 6.23. The minimum Gasteiger partial charge on any atom is -0.476 e. The van der Waals surface area contributed by atoms with Gasteiger partial charge in [-0.25, -0.2) is 9.78 Å². The van der Waals surface area contributed by atoms with Gasteiger partial charge >= 0.3 is 5.97 Å². The molecule has 0 bridgehead atoms. The summed E-state index contributed by atoms with van der Waals surface area (Å²) in [6.07, 6.45) is 6.83. The smallest absolute Gasteiger partial charge is 0.356 e. The van der Waals surface area contributed by atoms with Crippen molar-refractivity contribution in [2.75, 3.05) is 0 Å². The van der Waals surface area contributed by atoms with Gasteiger partial charge in [-0.1, -0.05) is 39.0 Å². The molecule has 30 heavy (non-hydrogen) atoms. The first-order valence-corrected chi connectivity index (χ1v) is 13.4. The van der Waals surface area contributed by atoms with Gasteiger partial charge in [0, 0.05) is 29.8 Å². The number of rotatable bonds is 8. The molecule has 0 saturated heterocycles. The maximum Gasteiger partial charge on any atom is 0.356 e. The number of carboxylic acids is 1. The third-order valence-corrected chi connectivity index (χ3v) is 10.7. The molecule has 0 amide bonds. The number of para-hydroxylation sites is 1. The molecule has 0 fully saturated rings. The summed E-state index contributed by atoms with van der Waals surface area (Å²) in [6, 6.07) is 8.45. The molecular weight excluding hydrogens is 394 g/mol. The zero-order chi connectivity index (χ0) is 22.1. The number of hydrogen-bond acceptors (Lipinski definition) is 3. The van der Waals surface area contributed by atoms with Crippen molar-refractivity contribution in [3.05, 3.63) is 54.2 Å². The van der Waals surface area contributed by atoms with Crippen LogP contribution in [0.15, 0.2) is 43.0 Å². The minimum absolute atomic E-state index is 0.0471. The van der Waals surface area contributed by atoms with Gasteiger partial charge in [0.25, 0.3) is 0 Å². The number of aromatic nitrogens is 3. The fraction of sp³-hybridized carbons (Fsp3) is 0.478. The number of carbonyl (C=O) groups is 1. The summed E-state index contributed by atoms with van der Waals surface area (Å²) in [5, 5.41) is 10.6. The van der Waals surface area contributed by atoms with E-state index in [1.54, 1.807) is 12.5 Å².